The third-order valence-corrected chi connectivity index (χ3v) is 6.30. The molecule has 0 fully saturated rings. The van der Waals surface area contributed by atoms with E-state index in [9.17, 15) is 4.79 Å². The molecule has 0 radical (unpaired) electrons. The predicted molar refractivity (Wildman–Crippen MR) is 138 cm³/mol. The Labute approximate surface area is 221 Å². The first-order chi connectivity index (χ1) is 16.3. The van der Waals surface area contributed by atoms with Gasteiger partial charge in [-0.25, -0.2) is 0 Å². The van der Waals surface area contributed by atoms with Crippen molar-refractivity contribution in [1.29, 1.82) is 0 Å². The fourth-order valence-electron chi connectivity index (χ4n) is 3.19. The molecule has 0 aliphatic rings. The molecular weight excluding hydrogens is 540 g/mol. The van der Waals surface area contributed by atoms with Crippen molar-refractivity contribution in [3.05, 3.63) is 109 Å². The third-order valence-electron chi connectivity index (χ3n) is 4.81. The second-order valence-electron chi connectivity index (χ2n) is 7.27. The molecule has 4 rings (SSSR count). The van der Waals surface area contributed by atoms with E-state index in [0.29, 0.717) is 48.7 Å². The zero-order valence-corrected chi connectivity index (χ0v) is 21.1. The molecule has 0 aliphatic carbocycles. The van der Waals surface area contributed by atoms with Crippen LogP contribution in [0, 0.1) is 0 Å². The Morgan fingerprint density at radius 1 is 0.912 bits per heavy atom. The van der Waals surface area contributed by atoms with Crippen LogP contribution in [0.4, 0.5) is 5.69 Å². The smallest absolute Gasteiger partial charge is 0.255 e. The fourth-order valence-corrected chi connectivity index (χ4v) is 4.63. The van der Waals surface area contributed by atoms with Gasteiger partial charge in [-0.05, 0) is 42.0 Å². The number of nitrogens with one attached hydrogen (secondary N) is 1. The molecule has 5 nitrogen and oxygen atoms in total. The molecular formula is C24H16Cl5N3O2. The number of rotatable bonds is 7. The summed E-state index contributed by atoms with van der Waals surface area (Å²) in [4.78, 5) is 12.8. The Hall–Kier alpha value is -2.41. The van der Waals surface area contributed by atoms with Crippen LogP contribution in [0.3, 0.4) is 0 Å². The van der Waals surface area contributed by atoms with Crippen molar-refractivity contribution >= 4 is 69.6 Å². The Kier molecular flexibility index (Phi) is 7.91. The summed E-state index contributed by atoms with van der Waals surface area (Å²) in [6.45, 7) is 0.537. The predicted octanol–water partition coefficient (Wildman–Crippen LogP) is 8.03. The van der Waals surface area contributed by atoms with E-state index < -0.39 is 0 Å². The van der Waals surface area contributed by atoms with E-state index >= 15 is 0 Å². The van der Waals surface area contributed by atoms with Crippen LogP contribution in [0.2, 0.25) is 25.1 Å². The minimum Gasteiger partial charge on any atom is -0.486 e. The molecule has 0 aliphatic heterocycles. The van der Waals surface area contributed by atoms with Crippen molar-refractivity contribution in [2.75, 3.05) is 5.32 Å². The summed E-state index contributed by atoms with van der Waals surface area (Å²) in [6, 6.07) is 15.4. The van der Waals surface area contributed by atoms with E-state index in [4.69, 9.17) is 62.7 Å². The first-order valence-electron chi connectivity index (χ1n) is 9.93. The lowest BCUT2D eigenvalue weighted by atomic mass is 10.1. The van der Waals surface area contributed by atoms with Crippen LogP contribution in [0.15, 0.2) is 67.0 Å². The van der Waals surface area contributed by atoms with Gasteiger partial charge in [-0.15, -0.1) is 0 Å². The summed E-state index contributed by atoms with van der Waals surface area (Å²) >= 11 is 30.7. The molecule has 34 heavy (non-hydrogen) atoms. The number of aromatic nitrogens is 2. The van der Waals surface area contributed by atoms with Crippen molar-refractivity contribution in [2.45, 2.75) is 13.2 Å². The second kappa shape index (κ2) is 10.9. The zero-order chi connectivity index (χ0) is 24.2. The van der Waals surface area contributed by atoms with E-state index in [0.717, 1.165) is 11.1 Å². The summed E-state index contributed by atoms with van der Waals surface area (Å²) in [5, 5.41) is 9.24. The molecule has 4 aromatic rings. The number of carbonyl (C=O) groups excluding carboxylic acids is 1. The van der Waals surface area contributed by atoms with Gasteiger partial charge >= 0.3 is 0 Å². The van der Waals surface area contributed by atoms with Gasteiger partial charge in [0.15, 0.2) is 5.75 Å². The molecule has 1 amide bonds. The molecule has 0 saturated heterocycles. The minimum absolute atomic E-state index is 0.165. The normalized spacial score (nSPS) is 10.9. The molecule has 3 aromatic carbocycles. The Morgan fingerprint density at radius 2 is 1.59 bits per heavy atom. The highest BCUT2D eigenvalue weighted by Crippen LogP contribution is 2.36. The third kappa shape index (κ3) is 5.98. The molecule has 1 heterocycles. The zero-order valence-electron chi connectivity index (χ0n) is 17.4. The van der Waals surface area contributed by atoms with E-state index in [1.54, 1.807) is 65.6 Å². The second-order valence-corrected chi connectivity index (χ2v) is 9.33. The number of ether oxygens (including phenoxy) is 1. The van der Waals surface area contributed by atoms with Gasteiger partial charge in [0, 0.05) is 32.4 Å². The molecule has 0 bridgehead atoms. The van der Waals surface area contributed by atoms with E-state index in [-0.39, 0.29) is 12.5 Å². The number of halogens is 5. The lowest BCUT2D eigenvalue weighted by Gasteiger charge is -2.11. The van der Waals surface area contributed by atoms with Gasteiger partial charge in [0.05, 0.1) is 28.5 Å². The Morgan fingerprint density at radius 3 is 2.29 bits per heavy atom. The fraction of sp³-hybridized carbons (Fsp3) is 0.0833. The average molecular weight is 556 g/mol. The van der Waals surface area contributed by atoms with Crippen LogP contribution >= 0.6 is 58.0 Å². The monoisotopic (exact) mass is 553 g/mol. The largest absolute Gasteiger partial charge is 0.486 e. The highest BCUT2D eigenvalue weighted by Gasteiger charge is 2.13. The summed E-state index contributed by atoms with van der Waals surface area (Å²) in [6.07, 6.45) is 3.26. The van der Waals surface area contributed by atoms with E-state index in [2.05, 4.69) is 10.4 Å². The SMILES string of the molecule is O=C(Nc1cnn(Cc2c(Cl)cccc2Cl)c1)c1cccc(COc2c(Cl)cc(Cl)cc2Cl)c1. The van der Waals surface area contributed by atoms with E-state index in [1.807, 2.05) is 6.07 Å². The van der Waals surface area contributed by atoms with Crippen LogP contribution in [-0.2, 0) is 13.2 Å². The standard InChI is InChI=1S/C24H16Cl5N3O2/c25-16-8-21(28)23(22(29)9-16)34-13-14-3-1-4-15(7-14)24(33)31-17-10-30-32(11-17)12-18-19(26)5-2-6-20(18)27/h1-11H,12-13H2,(H,31,33). The molecule has 174 valence electrons. The van der Waals surface area contributed by atoms with Crippen molar-refractivity contribution in [2.24, 2.45) is 0 Å². The summed E-state index contributed by atoms with van der Waals surface area (Å²) in [7, 11) is 0. The van der Waals surface area contributed by atoms with Crippen molar-refractivity contribution in [3.63, 3.8) is 0 Å². The topological polar surface area (TPSA) is 56.2 Å². The summed E-state index contributed by atoms with van der Waals surface area (Å²) in [5.41, 5.74) is 2.50. The maximum atomic E-state index is 12.8. The first-order valence-corrected chi connectivity index (χ1v) is 11.8. The van der Waals surface area contributed by atoms with Crippen LogP contribution in [0.5, 0.6) is 5.75 Å². The van der Waals surface area contributed by atoms with Crippen LogP contribution in [0.1, 0.15) is 21.5 Å². The lowest BCUT2D eigenvalue weighted by molar-refractivity contribution is 0.102. The van der Waals surface area contributed by atoms with Crippen LogP contribution in [0.25, 0.3) is 0 Å². The number of hydrogen-bond acceptors (Lipinski definition) is 3. The lowest BCUT2D eigenvalue weighted by Crippen LogP contribution is -2.12. The summed E-state index contributed by atoms with van der Waals surface area (Å²) < 4.78 is 7.40. The number of amides is 1. The number of nitrogens with zero attached hydrogens (tertiary/aromatic N) is 2. The molecule has 1 aromatic heterocycles. The molecule has 0 unspecified atom stereocenters. The molecule has 1 N–H and O–H groups in total. The van der Waals surface area contributed by atoms with E-state index in [1.165, 1.54) is 0 Å². The highest BCUT2D eigenvalue weighted by molar-refractivity contribution is 6.40. The minimum atomic E-state index is -0.292. The first kappa shape index (κ1) is 24.7. The molecule has 0 atom stereocenters. The van der Waals surface area contributed by atoms with Gasteiger partial charge in [0.2, 0.25) is 0 Å². The molecule has 0 spiro atoms. The van der Waals surface area contributed by atoms with Crippen molar-refractivity contribution < 1.29 is 9.53 Å². The van der Waals surface area contributed by atoms with Crippen molar-refractivity contribution in [1.82, 2.24) is 9.78 Å². The number of carbonyl (C=O) groups is 1. The molecule has 0 saturated carbocycles. The summed E-state index contributed by atoms with van der Waals surface area (Å²) in [5.74, 6) is 0.0355. The van der Waals surface area contributed by atoms with Gasteiger partial charge in [-0.2, -0.15) is 5.10 Å². The molecule has 10 heteroatoms. The van der Waals surface area contributed by atoms with Gasteiger partial charge in [-0.1, -0.05) is 76.2 Å². The number of anilines is 1. The van der Waals surface area contributed by atoms with Crippen molar-refractivity contribution in [3.8, 4) is 5.75 Å². The quantitative estimate of drug-likeness (QED) is 0.251. The number of benzene rings is 3. The maximum Gasteiger partial charge on any atom is 0.255 e. The van der Waals surface area contributed by atoms with Gasteiger partial charge in [-0.3, -0.25) is 9.48 Å². The van der Waals surface area contributed by atoms with Gasteiger partial charge in [0.25, 0.3) is 5.91 Å². The maximum absolute atomic E-state index is 12.8. The average Bonchev–Trinajstić information content (AvgIpc) is 3.22. The van der Waals surface area contributed by atoms with Gasteiger partial charge in [0.1, 0.15) is 6.61 Å². The number of hydrogen-bond donors (Lipinski definition) is 1. The van der Waals surface area contributed by atoms with Crippen LogP contribution in [-0.4, -0.2) is 15.7 Å². The highest BCUT2D eigenvalue weighted by atomic mass is 35.5. The van der Waals surface area contributed by atoms with Gasteiger partial charge < -0.3 is 10.1 Å². The Bertz CT molecular complexity index is 1310. The Balaban J connectivity index is 1.41. The van der Waals surface area contributed by atoms with Crippen LogP contribution < -0.4 is 10.1 Å².